The van der Waals surface area contributed by atoms with Crippen molar-refractivity contribution in [3.63, 3.8) is 0 Å². The lowest BCUT2D eigenvalue weighted by molar-refractivity contribution is -0.114. The molecule has 5 heterocycles. The van der Waals surface area contributed by atoms with Crippen molar-refractivity contribution in [3.05, 3.63) is 39.3 Å². The highest BCUT2D eigenvalue weighted by atomic mass is 32.1. The van der Waals surface area contributed by atoms with Crippen molar-refractivity contribution in [3.8, 4) is 0 Å². The molecular formula is C22H30N4O2S. The standard InChI is InChI=1S/C22H30N4O2S/c1-3-18-8-19-20(29-18)4-7-28-22(19)5-6-25(15(2)9-22)12-16-13-26(14-16)21(27)17-10-23-24-11-17/h8,10-11,15-16H,3-7,9,12-14H2,1-2H3,(H,23,24)/t15-,22+/m0/s1. The highest BCUT2D eigenvalue weighted by Gasteiger charge is 2.45. The van der Waals surface area contributed by atoms with Gasteiger partial charge in [-0.25, -0.2) is 0 Å². The first-order valence-corrected chi connectivity index (χ1v) is 11.7. The summed E-state index contributed by atoms with van der Waals surface area (Å²) >= 11 is 1.99. The number of carbonyl (C=O) groups is 1. The number of fused-ring (bicyclic) bond motifs is 2. The second-order valence-corrected chi connectivity index (χ2v) is 10.1. The minimum atomic E-state index is -0.0731. The fourth-order valence-electron chi connectivity index (χ4n) is 5.28. The summed E-state index contributed by atoms with van der Waals surface area (Å²) in [6.07, 6.45) is 7.62. The number of rotatable bonds is 4. The smallest absolute Gasteiger partial charge is 0.257 e. The Morgan fingerprint density at radius 2 is 2.31 bits per heavy atom. The van der Waals surface area contributed by atoms with E-state index in [2.05, 4.69) is 35.0 Å². The second kappa shape index (κ2) is 7.52. The highest BCUT2D eigenvalue weighted by Crippen LogP contribution is 2.46. The molecular weight excluding hydrogens is 384 g/mol. The minimum absolute atomic E-state index is 0.0731. The molecule has 7 heteroatoms. The SMILES string of the molecule is CCc1cc2c(s1)CCO[C@@]21CCN(CC2CN(C(=O)c3cn[nH]c3)C2)[C@@H](C)C1. The van der Waals surface area contributed by atoms with E-state index in [1.165, 1.54) is 10.4 Å². The first-order valence-electron chi connectivity index (χ1n) is 10.9. The van der Waals surface area contributed by atoms with Gasteiger partial charge in [0.15, 0.2) is 0 Å². The van der Waals surface area contributed by atoms with Crippen LogP contribution in [0.25, 0.3) is 0 Å². The number of piperidine rings is 1. The van der Waals surface area contributed by atoms with Crippen LogP contribution in [-0.4, -0.2) is 64.7 Å². The van der Waals surface area contributed by atoms with Gasteiger partial charge < -0.3 is 14.5 Å². The summed E-state index contributed by atoms with van der Waals surface area (Å²) in [5.74, 6) is 0.658. The number of likely N-dealkylation sites (tertiary alicyclic amines) is 2. The fraction of sp³-hybridized carbons (Fsp3) is 0.636. The third-order valence-electron chi connectivity index (χ3n) is 6.94. The topological polar surface area (TPSA) is 61.5 Å². The molecule has 2 atom stereocenters. The Hall–Kier alpha value is -1.70. The summed E-state index contributed by atoms with van der Waals surface area (Å²) in [6.45, 7) is 9.30. The van der Waals surface area contributed by atoms with Gasteiger partial charge in [-0.05, 0) is 37.8 Å². The number of hydrogen-bond acceptors (Lipinski definition) is 5. The molecule has 6 nitrogen and oxygen atoms in total. The van der Waals surface area contributed by atoms with E-state index < -0.39 is 0 Å². The van der Waals surface area contributed by atoms with E-state index in [1.54, 1.807) is 17.3 Å². The van der Waals surface area contributed by atoms with Gasteiger partial charge in [0.2, 0.25) is 0 Å². The average Bonchev–Trinajstić information content (AvgIpc) is 3.36. The van der Waals surface area contributed by atoms with Gasteiger partial charge in [-0.3, -0.25) is 9.89 Å². The molecule has 0 unspecified atom stereocenters. The number of carbonyl (C=O) groups excluding carboxylic acids is 1. The van der Waals surface area contributed by atoms with E-state index >= 15 is 0 Å². The van der Waals surface area contributed by atoms with Crippen LogP contribution in [0.1, 0.15) is 52.4 Å². The summed E-state index contributed by atoms with van der Waals surface area (Å²) in [5.41, 5.74) is 2.07. The number of H-pyrrole nitrogens is 1. The predicted octanol–water partition coefficient (Wildman–Crippen LogP) is 3.06. The molecule has 0 radical (unpaired) electrons. The van der Waals surface area contributed by atoms with Gasteiger partial charge in [0.1, 0.15) is 0 Å². The number of hydrogen-bond donors (Lipinski definition) is 1. The molecule has 1 amide bonds. The molecule has 3 aliphatic rings. The highest BCUT2D eigenvalue weighted by molar-refractivity contribution is 7.12. The average molecular weight is 415 g/mol. The number of aryl methyl sites for hydroxylation is 1. The van der Waals surface area contributed by atoms with Crippen molar-refractivity contribution >= 4 is 17.2 Å². The molecule has 2 aromatic heterocycles. The van der Waals surface area contributed by atoms with Crippen molar-refractivity contribution in [2.45, 2.75) is 51.2 Å². The Morgan fingerprint density at radius 3 is 3.03 bits per heavy atom. The minimum Gasteiger partial charge on any atom is -0.370 e. The van der Waals surface area contributed by atoms with Crippen LogP contribution in [0.4, 0.5) is 0 Å². The molecule has 0 saturated carbocycles. The largest absolute Gasteiger partial charge is 0.370 e. The summed E-state index contributed by atoms with van der Waals surface area (Å²) < 4.78 is 6.46. The number of thiophene rings is 1. The van der Waals surface area contributed by atoms with Crippen LogP contribution >= 0.6 is 11.3 Å². The number of nitrogens with one attached hydrogen (secondary N) is 1. The molecule has 3 aliphatic heterocycles. The molecule has 0 aliphatic carbocycles. The summed E-state index contributed by atoms with van der Waals surface area (Å²) in [6, 6.07) is 2.92. The van der Waals surface area contributed by atoms with E-state index in [1.807, 2.05) is 16.2 Å². The zero-order valence-electron chi connectivity index (χ0n) is 17.3. The number of nitrogens with zero attached hydrogens (tertiary/aromatic N) is 3. The van der Waals surface area contributed by atoms with Gasteiger partial charge in [0.05, 0.1) is 24.0 Å². The van der Waals surface area contributed by atoms with Crippen LogP contribution < -0.4 is 0 Å². The van der Waals surface area contributed by atoms with Gasteiger partial charge in [0, 0.05) is 60.5 Å². The van der Waals surface area contributed by atoms with Gasteiger partial charge in [-0.15, -0.1) is 11.3 Å². The number of aromatic amines is 1. The molecule has 0 aromatic carbocycles. The first kappa shape index (κ1) is 19.3. The van der Waals surface area contributed by atoms with Crippen LogP contribution in [0.2, 0.25) is 0 Å². The molecule has 5 rings (SSSR count). The van der Waals surface area contributed by atoms with E-state index in [-0.39, 0.29) is 11.5 Å². The van der Waals surface area contributed by atoms with Crippen LogP contribution in [-0.2, 0) is 23.2 Å². The number of ether oxygens (including phenoxy) is 1. The molecule has 2 aromatic rings. The third kappa shape index (κ3) is 3.43. The summed E-state index contributed by atoms with van der Waals surface area (Å²) in [7, 11) is 0. The zero-order chi connectivity index (χ0) is 20.0. The summed E-state index contributed by atoms with van der Waals surface area (Å²) in [4.78, 5) is 20.0. The van der Waals surface area contributed by atoms with E-state index in [4.69, 9.17) is 4.74 Å². The Kier molecular flexibility index (Phi) is 5.00. The van der Waals surface area contributed by atoms with E-state index in [9.17, 15) is 4.79 Å². The molecule has 2 saturated heterocycles. The first-order chi connectivity index (χ1) is 14.1. The molecule has 0 bridgehead atoms. The van der Waals surface area contributed by atoms with E-state index in [0.29, 0.717) is 17.5 Å². The Balaban J connectivity index is 1.19. The van der Waals surface area contributed by atoms with Crippen molar-refractivity contribution < 1.29 is 9.53 Å². The fourth-order valence-corrected chi connectivity index (χ4v) is 6.46. The van der Waals surface area contributed by atoms with Crippen LogP contribution in [0.3, 0.4) is 0 Å². The zero-order valence-corrected chi connectivity index (χ0v) is 18.1. The predicted molar refractivity (Wildman–Crippen MR) is 113 cm³/mol. The molecule has 1 N–H and O–H groups in total. The third-order valence-corrected chi connectivity index (χ3v) is 8.28. The maximum absolute atomic E-state index is 12.4. The molecule has 29 heavy (non-hydrogen) atoms. The second-order valence-electron chi connectivity index (χ2n) is 8.86. The van der Waals surface area contributed by atoms with E-state index in [0.717, 1.165) is 58.5 Å². The van der Waals surface area contributed by atoms with Crippen LogP contribution in [0.5, 0.6) is 0 Å². The van der Waals surface area contributed by atoms with Crippen LogP contribution in [0.15, 0.2) is 18.5 Å². The molecule has 156 valence electrons. The molecule has 2 fully saturated rings. The quantitative estimate of drug-likeness (QED) is 0.835. The maximum Gasteiger partial charge on any atom is 0.257 e. The Labute approximate surface area is 176 Å². The Bertz CT molecular complexity index is 874. The van der Waals surface area contributed by atoms with Gasteiger partial charge >= 0.3 is 0 Å². The lowest BCUT2D eigenvalue weighted by Crippen LogP contribution is -2.57. The van der Waals surface area contributed by atoms with Gasteiger partial charge in [0.25, 0.3) is 5.91 Å². The van der Waals surface area contributed by atoms with Crippen molar-refractivity contribution in [2.24, 2.45) is 5.92 Å². The lowest BCUT2D eigenvalue weighted by atomic mass is 9.79. The van der Waals surface area contributed by atoms with Crippen molar-refractivity contribution in [1.82, 2.24) is 20.0 Å². The Morgan fingerprint density at radius 1 is 1.45 bits per heavy atom. The normalized spacial score (nSPS) is 27.8. The monoisotopic (exact) mass is 414 g/mol. The van der Waals surface area contributed by atoms with Crippen molar-refractivity contribution in [2.75, 3.05) is 32.8 Å². The maximum atomic E-state index is 12.4. The summed E-state index contributed by atoms with van der Waals surface area (Å²) in [5, 5.41) is 6.60. The van der Waals surface area contributed by atoms with Gasteiger partial charge in [-0.1, -0.05) is 6.92 Å². The van der Waals surface area contributed by atoms with Crippen molar-refractivity contribution in [1.29, 1.82) is 0 Å². The lowest BCUT2D eigenvalue weighted by Gasteiger charge is -2.49. The number of aromatic nitrogens is 2. The number of amides is 1. The molecule has 1 spiro atoms. The van der Waals surface area contributed by atoms with Gasteiger partial charge in [-0.2, -0.15) is 5.10 Å². The van der Waals surface area contributed by atoms with Crippen LogP contribution in [0, 0.1) is 5.92 Å².